The van der Waals surface area contributed by atoms with Crippen molar-refractivity contribution in [2.75, 3.05) is 0 Å². The zero-order valence-electron chi connectivity index (χ0n) is 15.4. The minimum absolute atomic E-state index is 0.180. The molecule has 7 atom stereocenters. The number of fused-ring (bicyclic) bond motifs is 3. The van der Waals surface area contributed by atoms with Crippen LogP contribution in [0.2, 0.25) is 0 Å². The number of carbonyl (C=O) groups excluding carboxylic acids is 2. The molecule has 2 N–H and O–H groups in total. The summed E-state index contributed by atoms with van der Waals surface area (Å²) in [5, 5.41) is 21.9. The first-order chi connectivity index (χ1) is 12.1. The van der Waals surface area contributed by atoms with Gasteiger partial charge in [-0.2, -0.15) is 0 Å². The maximum atomic E-state index is 12.3. The minimum Gasteiger partial charge on any atom is -0.458 e. The van der Waals surface area contributed by atoms with Crippen LogP contribution in [0.1, 0.15) is 33.6 Å². The Morgan fingerprint density at radius 3 is 2.65 bits per heavy atom. The fourth-order valence-electron chi connectivity index (χ4n) is 4.69. The number of rotatable bonds is 2. The lowest BCUT2D eigenvalue weighted by molar-refractivity contribution is -0.220. The SMILES string of the molecule is C=C1C(=O)O[C@H]2[C@H]1[C@@H](OC(=O)/C(C)=C\C)[C@H](O)[C@@]1(C)[C@H](O)CCC(=C)[C@H]21. The third-order valence-corrected chi connectivity index (χ3v) is 6.46. The zero-order chi connectivity index (χ0) is 19.4. The molecule has 6 heteroatoms. The van der Waals surface area contributed by atoms with Crippen LogP contribution in [0.25, 0.3) is 0 Å². The topological polar surface area (TPSA) is 93.1 Å². The molecule has 0 unspecified atom stereocenters. The first kappa shape index (κ1) is 18.9. The molecule has 0 amide bonds. The van der Waals surface area contributed by atoms with Crippen LogP contribution in [0.3, 0.4) is 0 Å². The third kappa shape index (κ3) is 2.47. The fraction of sp³-hybridized carbons (Fsp3) is 0.600. The van der Waals surface area contributed by atoms with Gasteiger partial charge >= 0.3 is 11.9 Å². The van der Waals surface area contributed by atoms with E-state index in [1.807, 2.05) is 0 Å². The van der Waals surface area contributed by atoms with Crippen LogP contribution in [0.5, 0.6) is 0 Å². The largest absolute Gasteiger partial charge is 0.458 e. The highest BCUT2D eigenvalue weighted by molar-refractivity contribution is 5.92. The highest BCUT2D eigenvalue weighted by Gasteiger charge is 2.66. The van der Waals surface area contributed by atoms with Gasteiger partial charge < -0.3 is 19.7 Å². The van der Waals surface area contributed by atoms with Gasteiger partial charge in [-0.05, 0) is 26.7 Å². The Hall–Kier alpha value is -1.92. The molecule has 3 fully saturated rings. The molecule has 0 bridgehead atoms. The Balaban J connectivity index is 2.07. The normalized spacial score (nSPS) is 42.8. The number of esters is 2. The van der Waals surface area contributed by atoms with Crippen LogP contribution in [0.4, 0.5) is 0 Å². The molecule has 1 aliphatic heterocycles. The highest BCUT2D eigenvalue weighted by atomic mass is 16.6. The molecule has 0 aromatic carbocycles. The summed E-state index contributed by atoms with van der Waals surface area (Å²) in [4.78, 5) is 24.5. The molecule has 6 nitrogen and oxygen atoms in total. The molecule has 0 aromatic heterocycles. The van der Waals surface area contributed by atoms with Crippen molar-refractivity contribution in [3.63, 3.8) is 0 Å². The van der Waals surface area contributed by atoms with E-state index in [9.17, 15) is 19.8 Å². The van der Waals surface area contributed by atoms with Crippen molar-refractivity contribution >= 4 is 11.9 Å². The van der Waals surface area contributed by atoms with E-state index in [0.717, 1.165) is 5.57 Å². The molecule has 26 heavy (non-hydrogen) atoms. The van der Waals surface area contributed by atoms with Crippen LogP contribution in [0.15, 0.2) is 36.0 Å². The summed E-state index contributed by atoms with van der Waals surface area (Å²) in [7, 11) is 0. The van der Waals surface area contributed by atoms with Gasteiger partial charge in [-0.15, -0.1) is 0 Å². The number of carbonyl (C=O) groups is 2. The summed E-state index contributed by atoms with van der Waals surface area (Å²) >= 11 is 0. The van der Waals surface area contributed by atoms with E-state index in [1.54, 1.807) is 26.8 Å². The van der Waals surface area contributed by atoms with E-state index in [-0.39, 0.29) is 5.57 Å². The molecule has 0 aromatic rings. The van der Waals surface area contributed by atoms with Gasteiger partial charge in [0.15, 0.2) is 0 Å². The molecule has 2 aliphatic carbocycles. The van der Waals surface area contributed by atoms with Gasteiger partial charge in [-0.3, -0.25) is 0 Å². The number of hydrogen-bond donors (Lipinski definition) is 2. The number of hydrogen-bond acceptors (Lipinski definition) is 6. The predicted octanol–water partition coefficient (Wildman–Crippen LogP) is 1.67. The van der Waals surface area contributed by atoms with E-state index in [2.05, 4.69) is 13.2 Å². The second kappa shape index (κ2) is 6.35. The van der Waals surface area contributed by atoms with Crippen molar-refractivity contribution in [1.29, 1.82) is 0 Å². The first-order valence-electron chi connectivity index (χ1n) is 8.92. The van der Waals surface area contributed by atoms with Crippen LogP contribution < -0.4 is 0 Å². The maximum absolute atomic E-state index is 12.3. The van der Waals surface area contributed by atoms with Crippen molar-refractivity contribution in [3.8, 4) is 0 Å². The first-order valence-corrected chi connectivity index (χ1v) is 8.92. The standard InChI is InChI=1S/C20H26O6/c1-6-9(2)18(23)26-16-13-11(4)19(24)25-15(13)14-10(3)7-8-12(21)20(14,5)17(16)22/h6,12-17,21-22H,3-4,7-8H2,1-2,5H3/b9-6-/t12-,13+,14-,15+,16-,17+,20+/m1/s1. The second-order valence-corrected chi connectivity index (χ2v) is 7.76. The predicted molar refractivity (Wildman–Crippen MR) is 93.8 cm³/mol. The van der Waals surface area contributed by atoms with Crippen molar-refractivity contribution in [3.05, 3.63) is 36.0 Å². The van der Waals surface area contributed by atoms with Gasteiger partial charge in [-0.1, -0.05) is 31.7 Å². The molecule has 1 heterocycles. The van der Waals surface area contributed by atoms with Gasteiger partial charge in [0.05, 0.1) is 12.0 Å². The molecular weight excluding hydrogens is 336 g/mol. The molecule has 142 valence electrons. The summed E-state index contributed by atoms with van der Waals surface area (Å²) in [6.45, 7) is 13.0. The Labute approximate surface area is 153 Å². The molecule has 3 rings (SSSR count). The lowest BCUT2D eigenvalue weighted by Crippen LogP contribution is -2.66. The molecule has 2 saturated carbocycles. The lowest BCUT2D eigenvalue weighted by atomic mass is 9.52. The number of allylic oxidation sites excluding steroid dienone is 1. The van der Waals surface area contributed by atoms with Gasteiger partial charge in [0, 0.05) is 22.5 Å². The summed E-state index contributed by atoms with van der Waals surface area (Å²) in [6, 6.07) is 0. The Bertz CT molecular complexity index is 707. The fourth-order valence-corrected chi connectivity index (χ4v) is 4.69. The lowest BCUT2D eigenvalue weighted by Gasteiger charge is -2.56. The van der Waals surface area contributed by atoms with E-state index < -0.39 is 53.6 Å². The van der Waals surface area contributed by atoms with E-state index in [4.69, 9.17) is 9.47 Å². The van der Waals surface area contributed by atoms with Gasteiger partial charge in [-0.25, -0.2) is 9.59 Å². The zero-order valence-corrected chi connectivity index (χ0v) is 15.4. The van der Waals surface area contributed by atoms with E-state index in [1.165, 1.54) is 0 Å². The highest BCUT2D eigenvalue weighted by Crippen LogP contribution is 2.58. The maximum Gasteiger partial charge on any atom is 0.334 e. The Kier molecular flexibility index (Phi) is 4.61. The third-order valence-electron chi connectivity index (χ3n) is 6.46. The monoisotopic (exact) mass is 362 g/mol. The van der Waals surface area contributed by atoms with Crippen LogP contribution >= 0.6 is 0 Å². The van der Waals surface area contributed by atoms with Gasteiger partial charge in [0.1, 0.15) is 18.3 Å². The summed E-state index contributed by atoms with van der Waals surface area (Å²) < 4.78 is 11.1. The summed E-state index contributed by atoms with van der Waals surface area (Å²) in [5.41, 5.74) is 0.366. The van der Waals surface area contributed by atoms with E-state index in [0.29, 0.717) is 18.4 Å². The van der Waals surface area contributed by atoms with Crippen molar-refractivity contribution in [2.45, 2.75) is 58.0 Å². The average Bonchev–Trinajstić information content (AvgIpc) is 2.89. The van der Waals surface area contributed by atoms with Crippen LogP contribution in [-0.4, -0.2) is 46.6 Å². The number of aliphatic hydroxyl groups excluding tert-OH is 2. The van der Waals surface area contributed by atoms with E-state index >= 15 is 0 Å². The Morgan fingerprint density at radius 2 is 2.04 bits per heavy atom. The quantitative estimate of drug-likeness (QED) is 0.441. The smallest absolute Gasteiger partial charge is 0.334 e. The molecule has 1 saturated heterocycles. The molecule has 0 spiro atoms. The number of ether oxygens (including phenoxy) is 2. The van der Waals surface area contributed by atoms with Gasteiger partial charge in [0.2, 0.25) is 0 Å². The van der Waals surface area contributed by atoms with Gasteiger partial charge in [0.25, 0.3) is 0 Å². The second-order valence-electron chi connectivity index (χ2n) is 7.76. The molecular formula is C20H26O6. The minimum atomic E-state index is -1.18. The Morgan fingerprint density at radius 1 is 1.38 bits per heavy atom. The van der Waals surface area contributed by atoms with Crippen LogP contribution in [-0.2, 0) is 19.1 Å². The average molecular weight is 362 g/mol. The van der Waals surface area contributed by atoms with Crippen molar-refractivity contribution < 1.29 is 29.3 Å². The molecule has 3 aliphatic rings. The van der Waals surface area contributed by atoms with Crippen molar-refractivity contribution in [2.24, 2.45) is 17.3 Å². The van der Waals surface area contributed by atoms with Crippen LogP contribution in [0, 0.1) is 17.3 Å². The molecule has 0 radical (unpaired) electrons. The summed E-state index contributed by atoms with van der Waals surface area (Å²) in [6.07, 6.45) is -1.04. The summed E-state index contributed by atoms with van der Waals surface area (Å²) in [5.74, 6) is -2.22. The number of aliphatic hydroxyl groups is 2. The van der Waals surface area contributed by atoms with Crippen molar-refractivity contribution in [1.82, 2.24) is 0 Å².